The Morgan fingerprint density at radius 2 is 2.19 bits per heavy atom. The summed E-state index contributed by atoms with van der Waals surface area (Å²) >= 11 is 0. The van der Waals surface area contributed by atoms with Crippen LogP contribution in [0.1, 0.15) is 49.8 Å². The molecule has 3 aromatic rings. The Bertz CT molecular complexity index is 1180. The van der Waals surface area contributed by atoms with Crippen molar-refractivity contribution in [2.75, 3.05) is 13.7 Å². The van der Waals surface area contributed by atoms with E-state index in [4.69, 9.17) is 14.7 Å². The van der Waals surface area contributed by atoms with Crippen molar-refractivity contribution in [2.45, 2.75) is 33.1 Å². The largest absolute Gasteiger partial charge is 0.457 e. The van der Waals surface area contributed by atoms with Crippen LogP contribution in [0.15, 0.2) is 36.8 Å². The third-order valence-electron chi connectivity index (χ3n) is 5.59. The summed E-state index contributed by atoms with van der Waals surface area (Å²) in [6, 6.07) is 7.71. The molecule has 0 amide bonds. The molecule has 4 rings (SSSR count). The molecule has 1 atom stereocenters. The van der Waals surface area contributed by atoms with Gasteiger partial charge >= 0.3 is 5.97 Å². The van der Waals surface area contributed by atoms with E-state index in [0.717, 1.165) is 27.8 Å². The first-order valence-corrected chi connectivity index (χ1v) is 9.95. The highest BCUT2D eigenvalue weighted by molar-refractivity contribution is 5.93. The topological polar surface area (TPSA) is 102 Å². The van der Waals surface area contributed by atoms with Crippen molar-refractivity contribution in [3.63, 3.8) is 0 Å². The van der Waals surface area contributed by atoms with Gasteiger partial charge in [0.25, 0.3) is 0 Å². The van der Waals surface area contributed by atoms with Crippen LogP contribution in [0, 0.1) is 25.2 Å². The minimum Gasteiger partial charge on any atom is -0.457 e. The Morgan fingerprint density at radius 1 is 1.35 bits per heavy atom. The van der Waals surface area contributed by atoms with Crippen molar-refractivity contribution in [3.8, 4) is 11.9 Å². The predicted molar refractivity (Wildman–Crippen MR) is 113 cm³/mol. The molecule has 1 aliphatic rings. The van der Waals surface area contributed by atoms with Crippen LogP contribution in [0.4, 0.5) is 0 Å². The summed E-state index contributed by atoms with van der Waals surface area (Å²) < 4.78 is 12.5. The van der Waals surface area contributed by atoms with Gasteiger partial charge in [-0.25, -0.2) is 14.5 Å². The lowest BCUT2D eigenvalue weighted by Crippen LogP contribution is -2.23. The van der Waals surface area contributed by atoms with E-state index in [0.29, 0.717) is 36.6 Å². The number of nitrogens with zero attached hydrogens (tertiary/aromatic N) is 4. The fourth-order valence-corrected chi connectivity index (χ4v) is 3.74. The highest BCUT2D eigenvalue weighted by Gasteiger charge is 2.26. The highest BCUT2D eigenvalue weighted by atomic mass is 16.5. The zero-order chi connectivity index (χ0) is 22.0. The molecule has 3 heterocycles. The second-order valence-electron chi connectivity index (χ2n) is 7.50. The number of nitriles is 1. The van der Waals surface area contributed by atoms with Crippen molar-refractivity contribution in [1.82, 2.24) is 20.1 Å². The molecule has 0 saturated carbocycles. The number of aryl methyl sites for hydroxylation is 1. The molecule has 0 spiro atoms. The van der Waals surface area contributed by atoms with Crippen LogP contribution in [-0.2, 0) is 22.6 Å². The Labute approximate surface area is 180 Å². The maximum Gasteiger partial charge on any atom is 0.338 e. The number of pyridine rings is 1. The molecule has 1 unspecified atom stereocenters. The van der Waals surface area contributed by atoms with Crippen LogP contribution in [-0.4, -0.2) is 34.4 Å². The molecular weight excluding hydrogens is 394 g/mol. The summed E-state index contributed by atoms with van der Waals surface area (Å²) in [5.74, 6) is 0.406. The number of cyclic esters (lactones) is 1. The Balaban J connectivity index is 1.41. The second kappa shape index (κ2) is 8.68. The molecular formula is C23H23N5O3. The molecule has 0 saturated heterocycles. The fraction of sp³-hybridized carbons (Fsp3) is 0.304. The number of hydrogen-bond acceptors (Lipinski definition) is 7. The standard InChI is InChI=1S/C23H23N5O3/c1-14-6-22(26-10-17(14)7-24)28-12-16(9-27-28)8-25-11-21(30-3)18-4-5-19-20(15(18)2)13-31-23(19)29/h4-6,9-10,12,21,25H,8,11,13H2,1-3H3. The van der Waals surface area contributed by atoms with Crippen molar-refractivity contribution >= 4 is 5.97 Å². The quantitative estimate of drug-likeness (QED) is 0.590. The van der Waals surface area contributed by atoms with Crippen molar-refractivity contribution in [3.05, 3.63) is 75.7 Å². The average Bonchev–Trinajstić information content (AvgIpc) is 3.39. The molecule has 8 nitrogen and oxygen atoms in total. The van der Waals surface area contributed by atoms with Crippen molar-refractivity contribution in [1.29, 1.82) is 5.26 Å². The summed E-state index contributed by atoms with van der Waals surface area (Å²) in [6.45, 7) is 5.41. The number of carbonyl (C=O) groups excluding carboxylic acids is 1. The summed E-state index contributed by atoms with van der Waals surface area (Å²) in [5, 5.41) is 16.8. The van der Waals surface area contributed by atoms with Crippen LogP contribution in [0.3, 0.4) is 0 Å². The zero-order valence-corrected chi connectivity index (χ0v) is 17.7. The first kappa shape index (κ1) is 20.7. The van der Waals surface area contributed by atoms with Crippen LogP contribution in [0.25, 0.3) is 5.82 Å². The van der Waals surface area contributed by atoms with Gasteiger partial charge in [0.2, 0.25) is 0 Å². The van der Waals surface area contributed by atoms with Crippen LogP contribution < -0.4 is 5.32 Å². The lowest BCUT2D eigenvalue weighted by atomic mass is 9.95. The van der Waals surface area contributed by atoms with Gasteiger partial charge in [-0.2, -0.15) is 10.4 Å². The fourth-order valence-electron chi connectivity index (χ4n) is 3.74. The van der Waals surface area contributed by atoms with E-state index in [9.17, 15) is 4.79 Å². The first-order valence-electron chi connectivity index (χ1n) is 9.95. The number of rotatable bonds is 7. The molecule has 31 heavy (non-hydrogen) atoms. The van der Waals surface area contributed by atoms with Crippen molar-refractivity contribution < 1.29 is 14.3 Å². The third kappa shape index (κ3) is 4.06. The molecule has 1 aliphatic heterocycles. The summed E-state index contributed by atoms with van der Waals surface area (Å²) in [5.41, 5.74) is 6.08. The number of benzene rings is 1. The zero-order valence-electron chi connectivity index (χ0n) is 17.7. The molecule has 0 fully saturated rings. The van der Waals surface area contributed by atoms with E-state index >= 15 is 0 Å². The lowest BCUT2D eigenvalue weighted by molar-refractivity contribution is 0.0535. The van der Waals surface area contributed by atoms with Gasteiger partial charge in [0.1, 0.15) is 12.7 Å². The molecule has 1 aromatic carbocycles. The van der Waals surface area contributed by atoms with Gasteiger partial charge in [-0.3, -0.25) is 0 Å². The SMILES string of the molecule is COC(CNCc1cnn(-c2cc(C)c(C#N)cn2)c1)c1ccc2c(c1C)COC2=O. The number of ether oxygens (including phenoxy) is 2. The lowest BCUT2D eigenvalue weighted by Gasteiger charge is -2.19. The minimum absolute atomic E-state index is 0.154. The van der Waals surface area contributed by atoms with E-state index in [-0.39, 0.29) is 12.1 Å². The number of nitrogens with one attached hydrogen (secondary N) is 1. The number of methoxy groups -OCH3 is 1. The molecule has 8 heteroatoms. The Morgan fingerprint density at radius 3 is 2.94 bits per heavy atom. The Kier molecular flexibility index (Phi) is 5.80. The van der Waals surface area contributed by atoms with Gasteiger partial charge in [0, 0.05) is 43.7 Å². The minimum atomic E-state index is -0.263. The van der Waals surface area contributed by atoms with Gasteiger partial charge in [-0.1, -0.05) is 6.07 Å². The normalized spacial score (nSPS) is 13.5. The highest BCUT2D eigenvalue weighted by Crippen LogP contribution is 2.30. The summed E-state index contributed by atoms with van der Waals surface area (Å²) in [7, 11) is 1.68. The monoisotopic (exact) mass is 417 g/mol. The molecule has 0 radical (unpaired) electrons. The van der Waals surface area contributed by atoms with E-state index in [2.05, 4.69) is 21.5 Å². The maximum atomic E-state index is 11.8. The number of esters is 1. The molecule has 0 aliphatic carbocycles. The molecule has 1 N–H and O–H groups in total. The summed E-state index contributed by atoms with van der Waals surface area (Å²) in [4.78, 5) is 16.1. The summed E-state index contributed by atoms with van der Waals surface area (Å²) in [6.07, 6.45) is 5.10. The average molecular weight is 417 g/mol. The van der Waals surface area contributed by atoms with E-state index in [1.54, 1.807) is 24.2 Å². The van der Waals surface area contributed by atoms with Gasteiger partial charge in [0.05, 0.1) is 23.4 Å². The van der Waals surface area contributed by atoms with Gasteiger partial charge in [-0.15, -0.1) is 0 Å². The number of fused-ring (bicyclic) bond motifs is 1. The van der Waals surface area contributed by atoms with Crippen LogP contribution >= 0.6 is 0 Å². The van der Waals surface area contributed by atoms with E-state index < -0.39 is 0 Å². The smallest absolute Gasteiger partial charge is 0.338 e. The first-order chi connectivity index (χ1) is 15.0. The van der Waals surface area contributed by atoms with Gasteiger partial charge in [-0.05, 0) is 42.7 Å². The number of carbonyl (C=O) groups is 1. The van der Waals surface area contributed by atoms with Gasteiger partial charge in [0.15, 0.2) is 5.82 Å². The van der Waals surface area contributed by atoms with Crippen LogP contribution in [0.5, 0.6) is 0 Å². The Hall–Kier alpha value is -3.54. The molecule has 0 bridgehead atoms. The van der Waals surface area contributed by atoms with E-state index in [1.807, 2.05) is 38.2 Å². The second-order valence-corrected chi connectivity index (χ2v) is 7.50. The molecule has 158 valence electrons. The maximum absolute atomic E-state index is 11.8. The molecule has 2 aromatic heterocycles. The van der Waals surface area contributed by atoms with Gasteiger partial charge < -0.3 is 14.8 Å². The van der Waals surface area contributed by atoms with Crippen LogP contribution in [0.2, 0.25) is 0 Å². The number of aromatic nitrogens is 3. The third-order valence-corrected chi connectivity index (χ3v) is 5.59. The van der Waals surface area contributed by atoms with E-state index in [1.165, 1.54) is 0 Å². The predicted octanol–water partition coefficient (Wildman–Crippen LogP) is 2.90. The number of hydrogen-bond donors (Lipinski definition) is 1. The van der Waals surface area contributed by atoms with Crippen molar-refractivity contribution in [2.24, 2.45) is 0 Å².